The highest BCUT2D eigenvalue weighted by Gasteiger charge is 2.21. The summed E-state index contributed by atoms with van der Waals surface area (Å²) in [4.78, 5) is 34.6. The van der Waals surface area contributed by atoms with Crippen LogP contribution in [0.3, 0.4) is 0 Å². The Balaban J connectivity index is 4.46. The summed E-state index contributed by atoms with van der Waals surface area (Å²) in [5.41, 5.74) is -0.629. The predicted molar refractivity (Wildman–Crippen MR) is 82.2 cm³/mol. The Morgan fingerprint density at radius 1 is 1.18 bits per heavy atom. The third kappa shape index (κ3) is 8.99. The monoisotopic (exact) mass is 314 g/mol. The highest BCUT2D eigenvalue weighted by atomic mass is 16.6. The van der Waals surface area contributed by atoms with Gasteiger partial charge >= 0.3 is 12.1 Å². The molecular weight excluding hydrogens is 288 g/mol. The zero-order chi connectivity index (χ0) is 17.3. The molecule has 0 saturated heterocycles. The van der Waals surface area contributed by atoms with Crippen molar-refractivity contribution >= 4 is 18.0 Å². The van der Waals surface area contributed by atoms with Gasteiger partial charge in [-0.25, -0.2) is 9.59 Å². The molecule has 0 radical (unpaired) electrons. The van der Waals surface area contributed by atoms with Crippen LogP contribution in [0.5, 0.6) is 0 Å². The Morgan fingerprint density at radius 2 is 1.77 bits per heavy atom. The molecule has 22 heavy (non-hydrogen) atoms. The van der Waals surface area contributed by atoms with Crippen LogP contribution in [-0.4, -0.2) is 42.8 Å². The summed E-state index contributed by atoms with van der Waals surface area (Å²) in [7, 11) is 1.28. The molecule has 0 saturated carbocycles. The Hall–Kier alpha value is -2.05. The van der Waals surface area contributed by atoms with E-state index in [-0.39, 0.29) is 11.9 Å². The van der Waals surface area contributed by atoms with Crippen molar-refractivity contribution in [2.24, 2.45) is 0 Å². The highest BCUT2D eigenvalue weighted by molar-refractivity contribution is 5.86. The number of hydrogen-bond acceptors (Lipinski definition) is 5. The summed E-state index contributed by atoms with van der Waals surface area (Å²) < 4.78 is 9.56. The SMILES string of the molecule is CC[C@@H](C=CC(=O)OC)NC(=O)[C@H](C)NC(=O)OC(C)(C)C. The quantitative estimate of drug-likeness (QED) is 0.573. The Labute approximate surface area is 131 Å². The van der Waals surface area contributed by atoms with E-state index < -0.39 is 23.7 Å². The van der Waals surface area contributed by atoms with Crippen molar-refractivity contribution in [3.63, 3.8) is 0 Å². The third-order valence-electron chi connectivity index (χ3n) is 2.56. The second kappa shape index (κ2) is 9.07. The van der Waals surface area contributed by atoms with Gasteiger partial charge in [0, 0.05) is 12.1 Å². The van der Waals surface area contributed by atoms with Crippen molar-refractivity contribution < 1.29 is 23.9 Å². The molecular formula is C15H26N2O5. The third-order valence-corrected chi connectivity index (χ3v) is 2.56. The molecule has 7 nitrogen and oxygen atoms in total. The van der Waals surface area contributed by atoms with Crippen LogP contribution in [-0.2, 0) is 19.1 Å². The zero-order valence-corrected chi connectivity index (χ0v) is 14.1. The maximum atomic E-state index is 12.0. The molecule has 2 atom stereocenters. The lowest BCUT2D eigenvalue weighted by Gasteiger charge is -2.22. The van der Waals surface area contributed by atoms with Gasteiger partial charge in [-0.15, -0.1) is 0 Å². The van der Waals surface area contributed by atoms with Crippen LogP contribution >= 0.6 is 0 Å². The number of carbonyl (C=O) groups is 3. The van der Waals surface area contributed by atoms with Crippen molar-refractivity contribution in [2.75, 3.05) is 7.11 Å². The lowest BCUT2D eigenvalue weighted by molar-refractivity contribution is -0.135. The van der Waals surface area contributed by atoms with Gasteiger partial charge < -0.3 is 20.1 Å². The number of ether oxygens (including phenoxy) is 2. The standard InChI is InChI=1S/C15H26N2O5/c1-7-11(8-9-12(18)21-6)17-13(19)10(2)16-14(20)22-15(3,4)5/h8-11H,7H2,1-6H3,(H,16,20)(H,17,19)/t10-,11-/m0/s1. The fourth-order valence-electron chi connectivity index (χ4n) is 1.41. The molecule has 2 N–H and O–H groups in total. The first-order valence-electron chi connectivity index (χ1n) is 7.15. The van der Waals surface area contributed by atoms with E-state index in [0.29, 0.717) is 6.42 Å². The Bertz CT molecular complexity index is 426. The van der Waals surface area contributed by atoms with Crippen molar-refractivity contribution in [2.45, 2.75) is 58.7 Å². The van der Waals surface area contributed by atoms with Gasteiger partial charge in [0.1, 0.15) is 11.6 Å². The highest BCUT2D eigenvalue weighted by Crippen LogP contribution is 2.06. The normalized spacial score (nSPS) is 14.1. The van der Waals surface area contributed by atoms with Crippen molar-refractivity contribution in [3.05, 3.63) is 12.2 Å². The van der Waals surface area contributed by atoms with Crippen molar-refractivity contribution in [3.8, 4) is 0 Å². The van der Waals surface area contributed by atoms with Gasteiger partial charge in [-0.3, -0.25) is 4.79 Å². The van der Waals surface area contributed by atoms with Crippen LogP contribution in [0.2, 0.25) is 0 Å². The van der Waals surface area contributed by atoms with Crippen LogP contribution < -0.4 is 10.6 Å². The average molecular weight is 314 g/mol. The van der Waals surface area contributed by atoms with Crippen molar-refractivity contribution in [1.82, 2.24) is 10.6 Å². The molecule has 0 aromatic rings. The number of amides is 2. The maximum Gasteiger partial charge on any atom is 0.408 e. The number of esters is 1. The Kier molecular flexibility index (Phi) is 8.22. The summed E-state index contributed by atoms with van der Waals surface area (Å²) in [6.45, 7) is 8.63. The fourth-order valence-corrected chi connectivity index (χ4v) is 1.41. The van der Waals surface area contributed by atoms with Gasteiger partial charge in [0.2, 0.25) is 5.91 Å². The van der Waals surface area contributed by atoms with Crippen LogP contribution in [0.25, 0.3) is 0 Å². The van der Waals surface area contributed by atoms with Gasteiger partial charge in [0.15, 0.2) is 0 Å². The van der Waals surface area contributed by atoms with Crippen LogP contribution in [0.1, 0.15) is 41.0 Å². The molecule has 0 rings (SSSR count). The molecule has 126 valence electrons. The molecule has 0 heterocycles. The summed E-state index contributed by atoms with van der Waals surface area (Å²) >= 11 is 0. The lowest BCUT2D eigenvalue weighted by Crippen LogP contribution is -2.48. The molecule has 2 amide bonds. The Morgan fingerprint density at radius 3 is 2.23 bits per heavy atom. The number of nitrogens with one attached hydrogen (secondary N) is 2. The molecule has 0 aromatic heterocycles. The first kappa shape index (κ1) is 19.9. The molecule has 0 aliphatic carbocycles. The van der Waals surface area contributed by atoms with Gasteiger partial charge in [0.25, 0.3) is 0 Å². The van der Waals surface area contributed by atoms with Gasteiger partial charge in [-0.2, -0.15) is 0 Å². The second-order valence-electron chi connectivity index (χ2n) is 5.77. The molecule has 0 aliphatic heterocycles. The maximum absolute atomic E-state index is 12.0. The zero-order valence-electron chi connectivity index (χ0n) is 14.1. The average Bonchev–Trinajstić information content (AvgIpc) is 2.40. The van der Waals surface area contributed by atoms with Gasteiger partial charge in [0.05, 0.1) is 7.11 Å². The first-order valence-corrected chi connectivity index (χ1v) is 7.15. The van der Waals surface area contributed by atoms with Crippen LogP contribution in [0.4, 0.5) is 4.79 Å². The van der Waals surface area contributed by atoms with Crippen molar-refractivity contribution in [1.29, 1.82) is 0 Å². The minimum Gasteiger partial charge on any atom is -0.466 e. The van der Waals surface area contributed by atoms with Crippen LogP contribution in [0.15, 0.2) is 12.2 Å². The minimum atomic E-state index is -0.754. The summed E-state index contributed by atoms with van der Waals surface area (Å²) in [5, 5.41) is 5.16. The van der Waals surface area contributed by atoms with E-state index in [1.165, 1.54) is 13.2 Å². The summed E-state index contributed by atoms with van der Waals surface area (Å²) in [6.07, 6.45) is 2.73. The predicted octanol–water partition coefficient (Wildman–Crippen LogP) is 1.52. The van der Waals surface area contributed by atoms with E-state index in [1.807, 2.05) is 6.92 Å². The lowest BCUT2D eigenvalue weighted by atomic mass is 10.2. The van der Waals surface area contributed by atoms with E-state index >= 15 is 0 Å². The summed E-state index contributed by atoms with van der Waals surface area (Å²) in [6, 6.07) is -1.08. The molecule has 0 spiro atoms. The number of rotatable bonds is 6. The van der Waals surface area contributed by atoms with E-state index in [9.17, 15) is 14.4 Å². The molecule has 0 unspecified atom stereocenters. The van der Waals surface area contributed by atoms with Gasteiger partial charge in [-0.05, 0) is 34.1 Å². The second-order valence-corrected chi connectivity index (χ2v) is 5.77. The molecule has 0 bridgehead atoms. The first-order chi connectivity index (χ1) is 10.1. The topological polar surface area (TPSA) is 93.7 Å². The van der Waals surface area contributed by atoms with E-state index in [4.69, 9.17) is 4.74 Å². The minimum absolute atomic E-state index is 0.325. The van der Waals surface area contributed by atoms with E-state index in [2.05, 4.69) is 15.4 Å². The smallest absolute Gasteiger partial charge is 0.408 e. The fraction of sp³-hybridized carbons (Fsp3) is 0.667. The molecule has 0 aromatic carbocycles. The van der Waals surface area contributed by atoms with E-state index in [0.717, 1.165) is 0 Å². The number of hydrogen-bond donors (Lipinski definition) is 2. The van der Waals surface area contributed by atoms with Gasteiger partial charge in [-0.1, -0.05) is 13.0 Å². The van der Waals surface area contributed by atoms with E-state index in [1.54, 1.807) is 33.8 Å². The molecule has 0 fully saturated rings. The number of alkyl carbamates (subject to hydrolysis) is 1. The molecule has 0 aliphatic rings. The number of methoxy groups -OCH3 is 1. The molecule has 7 heteroatoms. The summed E-state index contributed by atoms with van der Waals surface area (Å²) in [5.74, 6) is -0.861. The number of carbonyl (C=O) groups excluding carboxylic acids is 3. The largest absolute Gasteiger partial charge is 0.466 e. The van der Waals surface area contributed by atoms with Crippen LogP contribution in [0, 0.1) is 0 Å².